The number of nitrogens with one attached hydrogen (secondary N) is 2. The molecule has 0 fully saturated rings. The molecule has 102 valence electrons. The Bertz CT molecular complexity index is 493. The Labute approximate surface area is 106 Å². The highest BCUT2D eigenvalue weighted by atomic mass is 32.2. The van der Waals surface area contributed by atoms with E-state index in [9.17, 15) is 12.8 Å². The summed E-state index contributed by atoms with van der Waals surface area (Å²) in [6.45, 7) is 0.273. The van der Waals surface area contributed by atoms with Gasteiger partial charge in [-0.2, -0.15) is 13.1 Å². The molecular weight excluding hydrogens is 261 g/mol. The molecular formula is C10H16FN3O3S. The Morgan fingerprint density at radius 1 is 1.44 bits per heavy atom. The standard InChI is InChI=1S/C10H16FN3O3S/c1-17-6-5-13-18(15,16)14-10-4-2-3-9(11)8(10)7-12/h2-4,13-14H,5-7,12H2,1H3. The van der Waals surface area contributed by atoms with E-state index in [4.69, 9.17) is 10.5 Å². The Balaban J connectivity index is 2.81. The molecule has 0 bridgehead atoms. The van der Waals surface area contributed by atoms with Crippen molar-refractivity contribution in [2.24, 2.45) is 5.73 Å². The minimum Gasteiger partial charge on any atom is -0.383 e. The van der Waals surface area contributed by atoms with Crippen LogP contribution in [0.25, 0.3) is 0 Å². The highest BCUT2D eigenvalue weighted by Crippen LogP contribution is 2.18. The number of benzene rings is 1. The Morgan fingerprint density at radius 3 is 2.78 bits per heavy atom. The topological polar surface area (TPSA) is 93.4 Å². The van der Waals surface area contributed by atoms with Crippen molar-refractivity contribution in [1.29, 1.82) is 0 Å². The average Bonchev–Trinajstić information content (AvgIpc) is 2.29. The molecule has 0 amide bonds. The first-order chi connectivity index (χ1) is 8.50. The van der Waals surface area contributed by atoms with Crippen molar-refractivity contribution in [3.63, 3.8) is 0 Å². The van der Waals surface area contributed by atoms with Gasteiger partial charge in [0.2, 0.25) is 0 Å². The van der Waals surface area contributed by atoms with Crippen LogP contribution in [0.5, 0.6) is 0 Å². The lowest BCUT2D eigenvalue weighted by Crippen LogP contribution is -2.33. The predicted molar refractivity (Wildman–Crippen MR) is 66.7 cm³/mol. The summed E-state index contributed by atoms with van der Waals surface area (Å²) >= 11 is 0. The van der Waals surface area contributed by atoms with Crippen LogP contribution in [0.2, 0.25) is 0 Å². The third kappa shape index (κ3) is 4.22. The van der Waals surface area contributed by atoms with Gasteiger partial charge in [0.15, 0.2) is 0 Å². The van der Waals surface area contributed by atoms with E-state index < -0.39 is 16.0 Å². The van der Waals surface area contributed by atoms with Crippen LogP contribution < -0.4 is 15.2 Å². The normalized spacial score (nSPS) is 11.5. The molecule has 0 aliphatic carbocycles. The van der Waals surface area contributed by atoms with Gasteiger partial charge in [0.05, 0.1) is 12.3 Å². The summed E-state index contributed by atoms with van der Waals surface area (Å²) < 4.78 is 45.8. The molecule has 0 aromatic heterocycles. The zero-order valence-electron chi connectivity index (χ0n) is 9.94. The van der Waals surface area contributed by atoms with Crippen LogP contribution in [0.4, 0.5) is 10.1 Å². The summed E-state index contributed by atoms with van der Waals surface area (Å²) in [6.07, 6.45) is 0. The molecule has 0 atom stereocenters. The quantitative estimate of drug-likeness (QED) is 0.620. The van der Waals surface area contributed by atoms with Gasteiger partial charge in [-0.15, -0.1) is 0 Å². The van der Waals surface area contributed by atoms with Crippen molar-refractivity contribution in [3.8, 4) is 0 Å². The van der Waals surface area contributed by atoms with Gasteiger partial charge in [-0.05, 0) is 12.1 Å². The van der Waals surface area contributed by atoms with Crippen LogP contribution in [-0.2, 0) is 21.5 Å². The molecule has 0 saturated carbocycles. The molecule has 8 heteroatoms. The lowest BCUT2D eigenvalue weighted by atomic mass is 10.2. The lowest BCUT2D eigenvalue weighted by molar-refractivity contribution is 0.204. The van der Waals surface area contributed by atoms with Crippen molar-refractivity contribution in [1.82, 2.24) is 4.72 Å². The molecule has 0 saturated heterocycles. The van der Waals surface area contributed by atoms with E-state index in [1.54, 1.807) is 0 Å². The van der Waals surface area contributed by atoms with Crippen LogP contribution in [0.15, 0.2) is 18.2 Å². The Kier molecular flexibility index (Phi) is 5.48. The van der Waals surface area contributed by atoms with Crippen LogP contribution in [0.1, 0.15) is 5.56 Å². The maximum Gasteiger partial charge on any atom is 0.299 e. The van der Waals surface area contributed by atoms with Gasteiger partial charge in [-0.3, -0.25) is 4.72 Å². The molecule has 1 aromatic carbocycles. The minimum atomic E-state index is -3.76. The van der Waals surface area contributed by atoms with E-state index in [1.807, 2.05) is 0 Å². The van der Waals surface area contributed by atoms with Crippen molar-refractivity contribution in [3.05, 3.63) is 29.6 Å². The molecule has 0 aliphatic rings. The van der Waals surface area contributed by atoms with Crippen LogP contribution >= 0.6 is 0 Å². The molecule has 6 nitrogen and oxygen atoms in total. The molecule has 0 aliphatic heterocycles. The van der Waals surface area contributed by atoms with Crippen LogP contribution in [0, 0.1) is 5.82 Å². The van der Waals surface area contributed by atoms with Gasteiger partial charge >= 0.3 is 0 Å². The smallest absolute Gasteiger partial charge is 0.299 e. The fourth-order valence-electron chi connectivity index (χ4n) is 1.32. The molecule has 0 radical (unpaired) electrons. The maximum atomic E-state index is 13.4. The first kappa shape index (κ1) is 14.8. The third-order valence-corrected chi connectivity index (χ3v) is 3.24. The fourth-order valence-corrected chi connectivity index (χ4v) is 2.23. The van der Waals surface area contributed by atoms with Gasteiger partial charge in [-0.1, -0.05) is 6.07 Å². The zero-order valence-corrected chi connectivity index (χ0v) is 10.8. The molecule has 18 heavy (non-hydrogen) atoms. The second-order valence-corrected chi connectivity index (χ2v) is 4.96. The number of nitrogens with two attached hydrogens (primary N) is 1. The fraction of sp³-hybridized carbons (Fsp3) is 0.400. The van der Waals surface area contributed by atoms with Crippen molar-refractivity contribution < 1.29 is 17.5 Å². The van der Waals surface area contributed by atoms with Crippen molar-refractivity contribution >= 4 is 15.9 Å². The zero-order chi connectivity index (χ0) is 13.6. The summed E-state index contributed by atoms with van der Waals surface area (Å²) in [5, 5.41) is 0. The van der Waals surface area contributed by atoms with Gasteiger partial charge in [0.1, 0.15) is 5.82 Å². The number of anilines is 1. The van der Waals surface area contributed by atoms with Crippen molar-refractivity contribution in [2.45, 2.75) is 6.54 Å². The monoisotopic (exact) mass is 277 g/mol. The number of hydrogen-bond acceptors (Lipinski definition) is 4. The van der Waals surface area contributed by atoms with E-state index in [1.165, 1.54) is 25.3 Å². The van der Waals surface area contributed by atoms with Gasteiger partial charge < -0.3 is 10.5 Å². The second kappa shape index (κ2) is 6.64. The minimum absolute atomic E-state index is 0.0946. The van der Waals surface area contributed by atoms with E-state index in [0.29, 0.717) is 0 Å². The summed E-state index contributed by atoms with van der Waals surface area (Å²) in [5.41, 5.74) is 5.62. The third-order valence-electron chi connectivity index (χ3n) is 2.17. The summed E-state index contributed by atoms with van der Waals surface area (Å²) in [5.74, 6) is -0.547. The SMILES string of the molecule is COCCNS(=O)(=O)Nc1cccc(F)c1CN. The highest BCUT2D eigenvalue weighted by Gasteiger charge is 2.13. The summed E-state index contributed by atoms with van der Waals surface area (Å²) in [7, 11) is -2.30. The first-order valence-corrected chi connectivity index (χ1v) is 6.72. The van der Waals surface area contributed by atoms with E-state index in [2.05, 4.69) is 9.44 Å². The van der Waals surface area contributed by atoms with Crippen LogP contribution in [0.3, 0.4) is 0 Å². The number of hydrogen-bond donors (Lipinski definition) is 3. The largest absolute Gasteiger partial charge is 0.383 e. The number of methoxy groups -OCH3 is 1. The highest BCUT2D eigenvalue weighted by molar-refractivity contribution is 7.90. The van der Waals surface area contributed by atoms with Crippen molar-refractivity contribution in [2.75, 3.05) is 25.0 Å². The molecule has 1 rings (SSSR count). The molecule has 4 N–H and O–H groups in total. The van der Waals surface area contributed by atoms with Gasteiger partial charge in [0.25, 0.3) is 10.2 Å². The average molecular weight is 277 g/mol. The number of halogens is 1. The van der Waals surface area contributed by atoms with Gasteiger partial charge in [0, 0.05) is 25.8 Å². The van der Waals surface area contributed by atoms with Gasteiger partial charge in [-0.25, -0.2) is 4.39 Å². The predicted octanol–water partition coefficient (Wildman–Crippen LogP) is 0.177. The maximum absolute atomic E-state index is 13.4. The summed E-state index contributed by atoms with van der Waals surface area (Å²) in [4.78, 5) is 0. The molecule has 0 spiro atoms. The number of ether oxygens (including phenoxy) is 1. The first-order valence-electron chi connectivity index (χ1n) is 5.24. The lowest BCUT2D eigenvalue weighted by Gasteiger charge is -2.12. The molecule has 0 heterocycles. The molecule has 1 aromatic rings. The van der Waals surface area contributed by atoms with E-state index in [0.717, 1.165) is 0 Å². The molecule has 0 unspecified atom stereocenters. The Morgan fingerprint density at radius 2 is 2.17 bits per heavy atom. The number of rotatable bonds is 7. The van der Waals surface area contributed by atoms with E-state index in [-0.39, 0.29) is 30.9 Å². The van der Waals surface area contributed by atoms with E-state index >= 15 is 0 Å². The summed E-state index contributed by atoms with van der Waals surface area (Å²) in [6, 6.07) is 4.07. The van der Waals surface area contributed by atoms with Crippen LogP contribution in [-0.4, -0.2) is 28.7 Å². The second-order valence-electron chi connectivity index (χ2n) is 3.46. The Hall–Kier alpha value is -1.22.